The number of carbonyl (C=O) groups is 1. The Bertz CT molecular complexity index is 549. The first-order chi connectivity index (χ1) is 8.79. The van der Waals surface area contributed by atoms with E-state index in [0.717, 1.165) is 11.3 Å². The Morgan fingerprint density at radius 1 is 1.33 bits per heavy atom. The molecule has 0 saturated heterocycles. The van der Waals surface area contributed by atoms with Gasteiger partial charge in [0.2, 0.25) is 12.3 Å². The van der Waals surface area contributed by atoms with Crippen LogP contribution in [0.25, 0.3) is 0 Å². The molecule has 0 amide bonds. The summed E-state index contributed by atoms with van der Waals surface area (Å²) in [5.41, 5.74) is 1.64. The maximum Gasteiger partial charge on any atom is 0.227 e. The summed E-state index contributed by atoms with van der Waals surface area (Å²) in [5, 5.41) is 0. The Balaban J connectivity index is 2.12. The Hall–Kier alpha value is -2.29. The van der Waals surface area contributed by atoms with E-state index in [1.165, 1.54) is 0 Å². The van der Waals surface area contributed by atoms with Crippen molar-refractivity contribution in [2.24, 2.45) is 0 Å². The third kappa shape index (κ3) is 3.10. The van der Waals surface area contributed by atoms with Gasteiger partial charge in [-0.3, -0.25) is 4.79 Å². The molecule has 0 aliphatic carbocycles. The van der Waals surface area contributed by atoms with Gasteiger partial charge in [-0.1, -0.05) is 36.4 Å². The van der Waals surface area contributed by atoms with Crippen molar-refractivity contribution in [2.75, 3.05) is 0 Å². The second kappa shape index (κ2) is 5.87. The van der Waals surface area contributed by atoms with Crippen LogP contribution in [0.5, 0.6) is 0 Å². The predicted octanol–water partition coefficient (Wildman–Crippen LogP) is 1.98. The molecular formula is C15H15N2O+. The monoisotopic (exact) mass is 239 g/mol. The molecule has 0 radical (unpaired) electrons. The van der Waals surface area contributed by atoms with Crippen LogP contribution in [0, 0.1) is 0 Å². The highest BCUT2D eigenvalue weighted by molar-refractivity contribution is 5.94. The minimum atomic E-state index is 0.0938. The number of ketones is 1. The van der Waals surface area contributed by atoms with Crippen LogP contribution in [0.4, 0.5) is 0 Å². The van der Waals surface area contributed by atoms with Gasteiger partial charge in [-0.15, -0.1) is 6.58 Å². The fraction of sp³-hybridized carbons (Fsp3) is 0.133. The highest BCUT2D eigenvalue weighted by Crippen LogP contribution is 2.00. The number of hydrogen-bond donors (Lipinski definition) is 0. The van der Waals surface area contributed by atoms with E-state index in [0.29, 0.717) is 13.0 Å². The first-order valence-corrected chi connectivity index (χ1v) is 5.82. The zero-order chi connectivity index (χ0) is 12.8. The van der Waals surface area contributed by atoms with E-state index in [1.807, 2.05) is 41.1 Å². The lowest BCUT2D eigenvalue weighted by atomic mass is 10.1. The standard InChI is InChI=1S/C15H15N2O/c1-2-6-14-11-17(10-9-16-14)12-15(18)13-7-4-3-5-8-13/h2-5,7-11H,1,6,12H2/q+1. The van der Waals surface area contributed by atoms with Gasteiger partial charge in [-0.2, -0.15) is 4.57 Å². The summed E-state index contributed by atoms with van der Waals surface area (Å²) in [6, 6.07) is 9.29. The van der Waals surface area contributed by atoms with Crippen molar-refractivity contribution < 1.29 is 9.36 Å². The van der Waals surface area contributed by atoms with E-state index in [-0.39, 0.29) is 5.78 Å². The molecule has 0 unspecified atom stereocenters. The van der Waals surface area contributed by atoms with E-state index < -0.39 is 0 Å². The number of hydrogen-bond acceptors (Lipinski definition) is 2. The van der Waals surface area contributed by atoms with E-state index in [2.05, 4.69) is 11.6 Å². The summed E-state index contributed by atoms with van der Waals surface area (Å²) in [5.74, 6) is 0.0938. The van der Waals surface area contributed by atoms with E-state index in [1.54, 1.807) is 18.5 Å². The molecule has 18 heavy (non-hydrogen) atoms. The van der Waals surface area contributed by atoms with Crippen molar-refractivity contribution in [1.29, 1.82) is 0 Å². The molecule has 0 spiro atoms. The van der Waals surface area contributed by atoms with Gasteiger partial charge in [0.25, 0.3) is 0 Å². The van der Waals surface area contributed by atoms with Gasteiger partial charge in [0.05, 0.1) is 6.20 Å². The molecule has 3 nitrogen and oxygen atoms in total. The number of Topliss-reactive ketones (excluding diaryl/α,β-unsaturated/α-hetero) is 1. The number of nitrogens with zero attached hydrogens (tertiary/aromatic N) is 2. The van der Waals surface area contributed by atoms with Crippen molar-refractivity contribution in [3.8, 4) is 0 Å². The summed E-state index contributed by atoms with van der Waals surface area (Å²) >= 11 is 0. The van der Waals surface area contributed by atoms with Crippen LogP contribution in [-0.4, -0.2) is 10.8 Å². The lowest BCUT2D eigenvalue weighted by Gasteiger charge is -1.99. The zero-order valence-corrected chi connectivity index (χ0v) is 10.1. The zero-order valence-electron chi connectivity index (χ0n) is 10.1. The molecule has 1 aromatic carbocycles. The average molecular weight is 239 g/mol. The highest BCUT2D eigenvalue weighted by atomic mass is 16.1. The highest BCUT2D eigenvalue weighted by Gasteiger charge is 2.12. The average Bonchev–Trinajstić information content (AvgIpc) is 2.40. The molecule has 0 N–H and O–H groups in total. The van der Waals surface area contributed by atoms with Crippen LogP contribution in [0.15, 0.2) is 61.6 Å². The first-order valence-electron chi connectivity index (χ1n) is 5.82. The lowest BCUT2D eigenvalue weighted by Crippen LogP contribution is -2.38. The molecule has 1 aromatic heterocycles. The lowest BCUT2D eigenvalue weighted by molar-refractivity contribution is -0.684. The van der Waals surface area contributed by atoms with Crippen molar-refractivity contribution in [2.45, 2.75) is 13.0 Å². The largest absolute Gasteiger partial charge is 0.287 e. The smallest absolute Gasteiger partial charge is 0.227 e. The third-order valence-corrected chi connectivity index (χ3v) is 2.59. The van der Waals surface area contributed by atoms with Gasteiger partial charge in [0, 0.05) is 12.0 Å². The van der Waals surface area contributed by atoms with Crippen molar-refractivity contribution in [3.05, 3.63) is 72.8 Å². The first kappa shape index (κ1) is 12.2. The van der Waals surface area contributed by atoms with Crippen molar-refractivity contribution in [1.82, 2.24) is 4.98 Å². The van der Waals surface area contributed by atoms with Crippen molar-refractivity contribution in [3.63, 3.8) is 0 Å². The fourth-order valence-electron chi connectivity index (χ4n) is 1.72. The van der Waals surface area contributed by atoms with Crippen LogP contribution in [-0.2, 0) is 13.0 Å². The van der Waals surface area contributed by atoms with Crippen LogP contribution in [0.3, 0.4) is 0 Å². The van der Waals surface area contributed by atoms with Crippen LogP contribution < -0.4 is 4.57 Å². The molecule has 0 aliphatic heterocycles. The fourth-order valence-corrected chi connectivity index (χ4v) is 1.72. The molecular weight excluding hydrogens is 224 g/mol. The number of benzene rings is 1. The van der Waals surface area contributed by atoms with E-state index in [9.17, 15) is 4.79 Å². The van der Waals surface area contributed by atoms with Crippen LogP contribution in [0.1, 0.15) is 16.1 Å². The molecule has 0 bridgehead atoms. The molecule has 2 rings (SSSR count). The summed E-state index contributed by atoms with van der Waals surface area (Å²) in [4.78, 5) is 16.2. The Labute approximate surface area is 106 Å². The van der Waals surface area contributed by atoms with Crippen LogP contribution in [0.2, 0.25) is 0 Å². The van der Waals surface area contributed by atoms with Gasteiger partial charge < -0.3 is 0 Å². The maximum atomic E-state index is 12.0. The Morgan fingerprint density at radius 3 is 2.83 bits per heavy atom. The van der Waals surface area contributed by atoms with Gasteiger partial charge in [0.1, 0.15) is 5.69 Å². The summed E-state index contributed by atoms with van der Waals surface area (Å²) < 4.78 is 1.85. The molecule has 0 saturated carbocycles. The second-order valence-electron chi connectivity index (χ2n) is 4.00. The molecule has 2 aromatic rings. The second-order valence-corrected chi connectivity index (χ2v) is 4.00. The van der Waals surface area contributed by atoms with E-state index in [4.69, 9.17) is 0 Å². The molecule has 1 heterocycles. The number of aromatic nitrogens is 2. The van der Waals surface area contributed by atoms with E-state index >= 15 is 0 Å². The molecule has 90 valence electrons. The van der Waals surface area contributed by atoms with Crippen LogP contribution >= 0.6 is 0 Å². The van der Waals surface area contributed by atoms with Gasteiger partial charge >= 0.3 is 0 Å². The summed E-state index contributed by atoms with van der Waals surface area (Å²) in [6.45, 7) is 4.01. The topological polar surface area (TPSA) is 33.8 Å². The Kier molecular flexibility index (Phi) is 3.97. The minimum absolute atomic E-state index is 0.0938. The molecule has 0 fully saturated rings. The third-order valence-electron chi connectivity index (χ3n) is 2.59. The Morgan fingerprint density at radius 2 is 2.11 bits per heavy atom. The molecule has 3 heteroatoms. The minimum Gasteiger partial charge on any atom is -0.287 e. The molecule has 0 atom stereocenters. The summed E-state index contributed by atoms with van der Waals surface area (Å²) in [7, 11) is 0. The normalized spacial score (nSPS) is 10.0. The van der Waals surface area contributed by atoms with Gasteiger partial charge in [-0.25, -0.2) is 4.98 Å². The van der Waals surface area contributed by atoms with Crippen molar-refractivity contribution >= 4 is 5.78 Å². The number of carbonyl (C=O) groups excluding carboxylic acids is 1. The van der Waals surface area contributed by atoms with Gasteiger partial charge in [0.15, 0.2) is 12.4 Å². The number of allylic oxidation sites excluding steroid dienone is 1. The molecule has 0 aliphatic rings. The summed E-state index contributed by atoms with van der Waals surface area (Å²) in [6.07, 6.45) is 7.89. The quantitative estimate of drug-likeness (QED) is 0.454. The van der Waals surface area contributed by atoms with Gasteiger partial charge in [-0.05, 0) is 0 Å². The SMILES string of the molecule is C=CCc1c[n+](CC(=O)c2ccccc2)ccn1. The maximum absolute atomic E-state index is 12.0. The number of rotatable bonds is 5. The predicted molar refractivity (Wildman–Crippen MR) is 69.1 cm³/mol.